The molecule has 0 aliphatic heterocycles. The fourth-order valence-electron chi connectivity index (χ4n) is 0.803. The molecule has 0 aliphatic rings. The number of rotatable bonds is 3. The highest BCUT2D eigenvalue weighted by Crippen LogP contribution is 2.17. The Hall–Kier alpha value is -1.14. The van der Waals surface area contributed by atoms with Crippen LogP contribution in [-0.4, -0.2) is 24.2 Å². The molecule has 0 aliphatic carbocycles. The Bertz CT molecular complexity index is 383. The van der Waals surface area contributed by atoms with Gasteiger partial charge in [-0.1, -0.05) is 32.8 Å². The second-order valence-electron chi connectivity index (χ2n) is 2.71. The second-order valence-corrected chi connectivity index (χ2v) is 3.84. The summed E-state index contributed by atoms with van der Waals surface area (Å²) in [5.74, 6) is 0. The fourth-order valence-corrected chi connectivity index (χ4v) is 1.16. The molecule has 0 N–H and O–H groups in total. The zero-order chi connectivity index (χ0) is 12.0. The van der Waals surface area contributed by atoms with Crippen LogP contribution in [0.1, 0.15) is 0 Å². The molecule has 1 amide bonds. The lowest BCUT2D eigenvalue weighted by molar-refractivity contribution is 0.126. The van der Waals surface area contributed by atoms with Crippen molar-refractivity contribution in [2.75, 3.05) is 13.1 Å². The molecule has 0 aromatic heterocycles. The van der Waals surface area contributed by atoms with E-state index in [1.165, 1.54) is 7.05 Å². The molecule has 0 spiro atoms. The van der Waals surface area contributed by atoms with E-state index in [1.807, 2.05) is 12.1 Å². The van der Waals surface area contributed by atoms with Gasteiger partial charge in [0.15, 0.2) is 6.07 Å². The number of carbonyl (C=O) groups excluding carboxylic acids is 1. The van der Waals surface area contributed by atoms with E-state index in [9.17, 15) is 4.79 Å². The van der Waals surface area contributed by atoms with Gasteiger partial charge in [0.25, 0.3) is 0 Å². The van der Waals surface area contributed by atoms with Crippen LogP contribution < -0.4 is 0 Å². The SMILES string of the molecule is CN(N=Nc1ccc(Br)cc1)C(=O)OCCl. The normalized spacial score (nSPS) is 10.4. The number of ether oxygens (including phenoxy) is 1. The van der Waals surface area contributed by atoms with Crippen molar-refractivity contribution in [1.82, 2.24) is 5.01 Å². The Labute approximate surface area is 106 Å². The third-order valence-electron chi connectivity index (χ3n) is 1.56. The minimum absolute atomic E-state index is 0.211. The molecule has 7 heteroatoms. The van der Waals surface area contributed by atoms with E-state index in [0.29, 0.717) is 5.69 Å². The maximum Gasteiger partial charge on any atom is 0.432 e. The van der Waals surface area contributed by atoms with Gasteiger partial charge in [-0.2, -0.15) is 5.01 Å². The van der Waals surface area contributed by atoms with Crippen molar-refractivity contribution in [3.8, 4) is 0 Å². The molecule has 0 radical (unpaired) electrons. The first kappa shape index (κ1) is 12.9. The Morgan fingerprint density at radius 3 is 2.69 bits per heavy atom. The quantitative estimate of drug-likeness (QED) is 0.485. The molecule has 0 bridgehead atoms. The molecule has 0 saturated carbocycles. The Morgan fingerprint density at radius 2 is 2.12 bits per heavy atom. The fraction of sp³-hybridized carbons (Fsp3) is 0.222. The van der Waals surface area contributed by atoms with Gasteiger partial charge in [-0.05, 0) is 24.3 Å². The molecule has 1 aromatic rings. The number of carbonyl (C=O) groups is 1. The second kappa shape index (κ2) is 6.44. The van der Waals surface area contributed by atoms with Crippen molar-refractivity contribution in [2.24, 2.45) is 10.3 Å². The number of alkyl halides is 1. The number of hydrogen-bond donors (Lipinski definition) is 0. The summed E-state index contributed by atoms with van der Waals surface area (Å²) in [5.41, 5.74) is 0.633. The van der Waals surface area contributed by atoms with Gasteiger partial charge in [0.05, 0.1) is 5.69 Å². The predicted octanol–water partition coefficient (Wildman–Crippen LogP) is 3.71. The van der Waals surface area contributed by atoms with Crippen molar-refractivity contribution < 1.29 is 9.53 Å². The molecule has 5 nitrogen and oxygen atoms in total. The first-order valence-electron chi connectivity index (χ1n) is 4.27. The van der Waals surface area contributed by atoms with Crippen molar-refractivity contribution in [3.63, 3.8) is 0 Å². The molecule has 86 valence electrons. The van der Waals surface area contributed by atoms with E-state index in [4.69, 9.17) is 11.6 Å². The van der Waals surface area contributed by atoms with E-state index < -0.39 is 6.09 Å². The maximum atomic E-state index is 11.1. The minimum atomic E-state index is -0.657. The monoisotopic (exact) mass is 305 g/mol. The average molecular weight is 307 g/mol. The molecule has 0 atom stereocenters. The van der Waals surface area contributed by atoms with Crippen LogP contribution in [0, 0.1) is 0 Å². The van der Waals surface area contributed by atoms with E-state index >= 15 is 0 Å². The summed E-state index contributed by atoms with van der Waals surface area (Å²) >= 11 is 8.53. The number of nitrogens with zero attached hydrogens (tertiary/aromatic N) is 3. The first-order chi connectivity index (χ1) is 7.63. The summed E-state index contributed by atoms with van der Waals surface area (Å²) in [6.07, 6.45) is -0.657. The van der Waals surface area contributed by atoms with E-state index in [2.05, 4.69) is 31.0 Å². The molecular formula is C9H9BrClN3O2. The van der Waals surface area contributed by atoms with Crippen LogP contribution in [0.3, 0.4) is 0 Å². The molecule has 0 heterocycles. The van der Waals surface area contributed by atoms with Crippen molar-refractivity contribution >= 4 is 39.3 Å². The van der Waals surface area contributed by atoms with Crippen LogP contribution in [0.2, 0.25) is 0 Å². The van der Waals surface area contributed by atoms with Crippen molar-refractivity contribution in [3.05, 3.63) is 28.7 Å². The molecule has 16 heavy (non-hydrogen) atoms. The number of hydrogen-bond acceptors (Lipinski definition) is 4. The molecule has 1 aromatic carbocycles. The molecule has 0 unspecified atom stereocenters. The van der Waals surface area contributed by atoms with Crippen molar-refractivity contribution in [2.45, 2.75) is 0 Å². The third-order valence-corrected chi connectivity index (χ3v) is 2.20. The van der Waals surface area contributed by atoms with Gasteiger partial charge in [0, 0.05) is 11.5 Å². The van der Waals surface area contributed by atoms with Gasteiger partial charge in [-0.15, -0.1) is 5.11 Å². The lowest BCUT2D eigenvalue weighted by Crippen LogP contribution is -2.20. The number of amides is 1. The van der Waals surface area contributed by atoms with E-state index in [1.54, 1.807) is 12.1 Å². The smallest absolute Gasteiger partial charge is 0.432 e. The lowest BCUT2D eigenvalue weighted by Gasteiger charge is -2.07. The number of benzene rings is 1. The van der Waals surface area contributed by atoms with Gasteiger partial charge in [-0.25, -0.2) is 4.79 Å². The first-order valence-corrected chi connectivity index (χ1v) is 5.60. The minimum Gasteiger partial charge on any atom is -0.432 e. The van der Waals surface area contributed by atoms with Crippen molar-refractivity contribution in [1.29, 1.82) is 0 Å². The Kier molecular flexibility index (Phi) is 5.21. The lowest BCUT2D eigenvalue weighted by atomic mass is 10.3. The van der Waals surface area contributed by atoms with Gasteiger partial charge < -0.3 is 4.74 Å². The summed E-state index contributed by atoms with van der Waals surface area (Å²) in [5, 5.41) is 8.45. The van der Waals surface area contributed by atoms with E-state index in [-0.39, 0.29) is 6.07 Å². The van der Waals surface area contributed by atoms with Crippen LogP contribution in [0.15, 0.2) is 39.1 Å². The average Bonchev–Trinajstić information content (AvgIpc) is 2.28. The molecule has 0 fully saturated rings. The molecular weight excluding hydrogens is 297 g/mol. The summed E-state index contributed by atoms with van der Waals surface area (Å²) in [6, 6.07) is 6.95. The highest BCUT2D eigenvalue weighted by atomic mass is 79.9. The zero-order valence-corrected chi connectivity index (χ0v) is 10.8. The van der Waals surface area contributed by atoms with Crippen LogP contribution in [0.25, 0.3) is 0 Å². The summed E-state index contributed by atoms with van der Waals surface area (Å²) in [4.78, 5) is 11.1. The molecule has 1 rings (SSSR count). The highest BCUT2D eigenvalue weighted by molar-refractivity contribution is 9.10. The third kappa shape index (κ3) is 4.16. The van der Waals surface area contributed by atoms with Crippen LogP contribution in [0.4, 0.5) is 10.5 Å². The van der Waals surface area contributed by atoms with Gasteiger partial charge in [0.2, 0.25) is 0 Å². The highest BCUT2D eigenvalue weighted by Gasteiger charge is 2.07. The summed E-state index contributed by atoms with van der Waals surface area (Å²) < 4.78 is 5.45. The predicted molar refractivity (Wildman–Crippen MR) is 63.6 cm³/mol. The topological polar surface area (TPSA) is 54.3 Å². The Morgan fingerprint density at radius 1 is 1.50 bits per heavy atom. The summed E-state index contributed by atoms with van der Waals surface area (Å²) in [6.45, 7) is 0. The van der Waals surface area contributed by atoms with Gasteiger partial charge in [-0.3, -0.25) is 0 Å². The van der Waals surface area contributed by atoms with Gasteiger partial charge in [0.1, 0.15) is 0 Å². The maximum absolute atomic E-state index is 11.1. The summed E-state index contributed by atoms with van der Waals surface area (Å²) in [7, 11) is 1.43. The molecule has 0 saturated heterocycles. The Balaban J connectivity index is 2.59. The van der Waals surface area contributed by atoms with Crippen LogP contribution >= 0.6 is 27.5 Å². The number of halogens is 2. The standard InChI is InChI=1S/C9H9BrClN3O2/c1-14(9(15)16-6-11)13-12-8-4-2-7(10)3-5-8/h2-5H,6H2,1H3. The van der Waals surface area contributed by atoms with Crippen LogP contribution in [0.5, 0.6) is 0 Å². The zero-order valence-electron chi connectivity index (χ0n) is 8.43. The van der Waals surface area contributed by atoms with Gasteiger partial charge >= 0.3 is 6.09 Å². The van der Waals surface area contributed by atoms with E-state index in [0.717, 1.165) is 9.48 Å². The van der Waals surface area contributed by atoms with Crippen LogP contribution in [-0.2, 0) is 4.74 Å². The largest absolute Gasteiger partial charge is 0.432 e.